The topological polar surface area (TPSA) is 113 Å². The van der Waals surface area contributed by atoms with E-state index in [4.69, 9.17) is 23.9 Å². The number of nitrogens with zero attached hydrogens (tertiary/aromatic N) is 6. The van der Waals surface area contributed by atoms with E-state index in [1.165, 1.54) is 29.0 Å². The van der Waals surface area contributed by atoms with Crippen LogP contribution >= 0.6 is 0 Å². The second kappa shape index (κ2) is 17.6. The van der Waals surface area contributed by atoms with Crippen LogP contribution in [0.5, 0.6) is 0 Å². The quantitative estimate of drug-likeness (QED) is 0.170. The molecule has 0 spiro atoms. The lowest BCUT2D eigenvalue weighted by Gasteiger charge is -2.38. The molecule has 250 valence electrons. The highest BCUT2D eigenvalue weighted by Gasteiger charge is 2.28. The number of halogens is 1. The molecule has 0 atom stereocenters. The normalized spacial score (nSPS) is 14.7. The monoisotopic (exact) mass is 640 g/mol. The zero-order valence-corrected chi connectivity index (χ0v) is 27.2. The van der Waals surface area contributed by atoms with Crippen LogP contribution in [0.3, 0.4) is 0 Å². The average molecular weight is 641 g/mol. The molecule has 2 aromatic heterocycles. The standard InChI is InChI=1S/C33H45FN6O6/c1-5-7-29-28(6-2)36-33(39(29)22-25-8-10-26(34)11-9-25)38-16-13-27(14-17-38)37(3)32-35-15-12-30(41)40(32)24-46-31(42)23-45-21-20-44-19-18-43-4/h6-12,15,27H,5,13-14,16-24H2,1-4H3/b28-6+,29-7+. The van der Waals surface area contributed by atoms with Gasteiger partial charge in [-0.3, -0.25) is 4.79 Å². The number of carbonyl (C=O) groups is 1. The zero-order chi connectivity index (χ0) is 32.9. The van der Waals surface area contributed by atoms with Crippen molar-refractivity contribution in [1.82, 2.24) is 19.1 Å². The van der Waals surface area contributed by atoms with Gasteiger partial charge in [0.05, 0.1) is 43.7 Å². The van der Waals surface area contributed by atoms with Gasteiger partial charge in [-0.1, -0.05) is 31.2 Å². The Bertz CT molecular complexity index is 1580. The number of carbonyl (C=O) groups excluding carboxylic acids is 1. The van der Waals surface area contributed by atoms with Gasteiger partial charge in [-0.2, -0.15) is 0 Å². The molecule has 3 aromatic rings. The van der Waals surface area contributed by atoms with Crippen molar-refractivity contribution in [1.29, 1.82) is 0 Å². The number of piperidine rings is 1. The third-order valence-corrected chi connectivity index (χ3v) is 7.84. The van der Waals surface area contributed by atoms with Crippen LogP contribution in [0.4, 0.5) is 16.3 Å². The lowest BCUT2D eigenvalue weighted by atomic mass is 10.0. The van der Waals surface area contributed by atoms with Crippen molar-refractivity contribution in [2.45, 2.75) is 52.4 Å². The number of rotatable bonds is 16. The van der Waals surface area contributed by atoms with E-state index >= 15 is 0 Å². The fourth-order valence-corrected chi connectivity index (χ4v) is 5.40. The Balaban J connectivity index is 1.40. The maximum Gasteiger partial charge on any atom is 0.333 e. The number of anilines is 2. The van der Waals surface area contributed by atoms with Crippen LogP contribution in [0, 0.1) is 5.82 Å². The molecule has 0 N–H and O–H groups in total. The summed E-state index contributed by atoms with van der Waals surface area (Å²) < 4.78 is 38.0. The molecule has 4 rings (SSSR count). The predicted octanol–water partition coefficient (Wildman–Crippen LogP) is 1.90. The Morgan fingerprint density at radius 2 is 1.78 bits per heavy atom. The van der Waals surface area contributed by atoms with Crippen molar-refractivity contribution in [2.75, 3.05) is 70.1 Å². The lowest BCUT2D eigenvalue weighted by Crippen LogP contribution is -2.46. The number of imidazole rings is 1. The summed E-state index contributed by atoms with van der Waals surface area (Å²) in [5.41, 5.74) is 0.677. The van der Waals surface area contributed by atoms with E-state index in [2.05, 4.69) is 27.5 Å². The van der Waals surface area contributed by atoms with Crippen LogP contribution in [0.1, 0.15) is 38.7 Å². The third kappa shape index (κ3) is 9.24. The molecule has 1 fully saturated rings. The van der Waals surface area contributed by atoms with Crippen LogP contribution in [0.2, 0.25) is 0 Å². The predicted molar refractivity (Wildman–Crippen MR) is 174 cm³/mol. The molecule has 46 heavy (non-hydrogen) atoms. The smallest absolute Gasteiger partial charge is 0.333 e. The van der Waals surface area contributed by atoms with Crippen molar-refractivity contribution in [3.05, 3.63) is 69.0 Å². The summed E-state index contributed by atoms with van der Waals surface area (Å²) in [4.78, 5) is 38.8. The number of ether oxygens (including phenoxy) is 4. The first-order valence-corrected chi connectivity index (χ1v) is 15.7. The molecule has 0 saturated carbocycles. The van der Waals surface area contributed by atoms with Gasteiger partial charge in [-0.25, -0.2) is 23.7 Å². The summed E-state index contributed by atoms with van der Waals surface area (Å²) in [6, 6.07) is 8.02. The average Bonchev–Trinajstić information content (AvgIpc) is 3.41. The maximum absolute atomic E-state index is 13.6. The summed E-state index contributed by atoms with van der Waals surface area (Å²) in [5, 5.41) is 1.97. The Hall–Kier alpha value is -4.07. The van der Waals surface area contributed by atoms with Gasteiger partial charge in [0.15, 0.2) is 6.73 Å². The van der Waals surface area contributed by atoms with E-state index in [1.54, 1.807) is 7.11 Å². The molecule has 13 heteroatoms. The molecular weight excluding hydrogens is 595 g/mol. The molecule has 1 aromatic carbocycles. The molecule has 3 heterocycles. The molecular formula is C33H45FN6O6. The molecule has 0 unspecified atom stereocenters. The minimum atomic E-state index is -0.589. The summed E-state index contributed by atoms with van der Waals surface area (Å²) in [7, 11) is 3.50. The zero-order valence-electron chi connectivity index (χ0n) is 27.2. The van der Waals surface area contributed by atoms with Crippen molar-refractivity contribution in [3.63, 3.8) is 0 Å². The van der Waals surface area contributed by atoms with Crippen molar-refractivity contribution >= 4 is 30.0 Å². The van der Waals surface area contributed by atoms with Crippen molar-refractivity contribution < 1.29 is 28.1 Å². The first-order chi connectivity index (χ1) is 22.4. The number of hydrogen-bond acceptors (Lipinski definition) is 10. The Kier molecular flexibility index (Phi) is 13.3. The van der Waals surface area contributed by atoms with Crippen LogP contribution < -0.4 is 26.1 Å². The minimum absolute atomic E-state index is 0.0911. The molecule has 1 aliphatic rings. The van der Waals surface area contributed by atoms with Gasteiger partial charge < -0.3 is 33.3 Å². The highest BCUT2D eigenvalue weighted by molar-refractivity contribution is 5.70. The fourth-order valence-electron chi connectivity index (χ4n) is 5.40. The molecule has 1 saturated heterocycles. The Morgan fingerprint density at radius 1 is 1.07 bits per heavy atom. The van der Waals surface area contributed by atoms with E-state index in [9.17, 15) is 14.0 Å². The van der Waals surface area contributed by atoms with Gasteiger partial charge in [0.1, 0.15) is 12.4 Å². The van der Waals surface area contributed by atoms with Gasteiger partial charge in [0.25, 0.3) is 5.56 Å². The van der Waals surface area contributed by atoms with E-state index in [0.29, 0.717) is 32.3 Å². The van der Waals surface area contributed by atoms with Gasteiger partial charge >= 0.3 is 5.97 Å². The number of aromatic nitrogens is 4. The Morgan fingerprint density at radius 3 is 2.48 bits per heavy atom. The lowest BCUT2D eigenvalue weighted by molar-refractivity contribution is -0.153. The molecule has 1 aliphatic heterocycles. The molecule has 0 radical (unpaired) electrons. The summed E-state index contributed by atoms with van der Waals surface area (Å²) in [6.07, 6.45) is 8.11. The largest absolute Gasteiger partial charge is 0.442 e. The van der Waals surface area contributed by atoms with Crippen LogP contribution in [0.25, 0.3) is 12.2 Å². The van der Waals surface area contributed by atoms with E-state index in [-0.39, 0.29) is 37.4 Å². The molecule has 0 aliphatic carbocycles. The van der Waals surface area contributed by atoms with Crippen molar-refractivity contribution in [3.8, 4) is 0 Å². The molecule has 0 amide bonds. The van der Waals surface area contributed by atoms with Gasteiger partial charge in [-0.15, -0.1) is 0 Å². The SMILES string of the molecule is C/C=c1/nc(N2CCC(N(C)c3nccc(=O)n3COC(=O)COCCOCCOC)CC2)n(Cc2ccc(F)cc2)/c1=C/CC. The number of methoxy groups -OCH3 is 1. The van der Waals surface area contributed by atoms with E-state index < -0.39 is 5.97 Å². The first kappa shape index (κ1) is 34.8. The first-order valence-electron chi connectivity index (χ1n) is 15.7. The number of esters is 1. The van der Waals surface area contributed by atoms with Crippen LogP contribution in [-0.2, 0) is 37.0 Å². The maximum atomic E-state index is 13.6. The van der Waals surface area contributed by atoms with E-state index in [1.807, 2.05) is 37.1 Å². The van der Waals surface area contributed by atoms with Crippen LogP contribution in [0.15, 0.2) is 41.3 Å². The van der Waals surface area contributed by atoms with Gasteiger partial charge in [0, 0.05) is 45.6 Å². The Labute approximate surface area is 268 Å². The second-order valence-corrected chi connectivity index (χ2v) is 10.9. The number of benzene rings is 1. The molecule has 0 bridgehead atoms. The minimum Gasteiger partial charge on any atom is -0.442 e. The molecule has 12 nitrogen and oxygen atoms in total. The van der Waals surface area contributed by atoms with E-state index in [0.717, 1.165) is 54.6 Å². The third-order valence-electron chi connectivity index (χ3n) is 7.84. The summed E-state index contributed by atoms with van der Waals surface area (Å²) >= 11 is 0. The van der Waals surface area contributed by atoms with Gasteiger partial charge in [0.2, 0.25) is 11.9 Å². The highest BCUT2D eigenvalue weighted by atomic mass is 19.1. The van der Waals surface area contributed by atoms with Crippen molar-refractivity contribution in [2.24, 2.45) is 0 Å². The fraction of sp³-hybridized carbons (Fsp3) is 0.515. The highest BCUT2D eigenvalue weighted by Crippen LogP contribution is 2.23. The number of hydrogen-bond donors (Lipinski definition) is 0. The second-order valence-electron chi connectivity index (χ2n) is 10.9. The van der Waals surface area contributed by atoms with Gasteiger partial charge in [-0.05, 0) is 43.9 Å². The van der Waals surface area contributed by atoms with Crippen LogP contribution in [-0.4, -0.2) is 91.4 Å². The summed E-state index contributed by atoms with van der Waals surface area (Å²) in [6.45, 7) is 7.12. The summed E-state index contributed by atoms with van der Waals surface area (Å²) in [5.74, 6) is 0.453.